The molecule has 3 N–H and O–H groups in total. The van der Waals surface area contributed by atoms with Gasteiger partial charge in [-0.2, -0.15) is 4.98 Å². The molecular formula is C15H19N5O2. The van der Waals surface area contributed by atoms with Crippen LogP contribution in [0.3, 0.4) is 0 Å². The average Bonchev–Trinajstić information content (AvgIpc) is 3.08. The Morgan fingerprint density at radius 2 is 2.23 bits per heavy atom. The summed E-state index contributed by atoms with van der Waals surface area (Å²) in [4.78, 5) is 22.2. The number of carbonyl (C=O) groups excluding carboxylic acids is 1. The first-order valence-corrected chi connectivity index (χ1v) is 7.37. The van der Waals surface area contributed by atoms with Gasteiger partial charge < -0.3 is 20.4 Å². The van der Waals surface area contributed by atoms with Gasteiger partial charge in [-0.25, -0.2) is 4.98 Å². The second-order valence-corrected chi connectivity index (χ2v) is 5.39. The van der Waals surface area contributed by atoms with Crippen molar-refractivity contribution in [3.05, 3.63) is 36.4 Å². The molecule has 0 atom stereocenters. The summed E-state index contributed by atoms with van der Waals surface area (Å²) in [5, 5.41) is 2.92. The third-order valence-corrected chi connectivity index (χ3v) is 3.89. The van der Waals surface area contributed by atoms with Gasteiger partial charge in [-0.05, 0) is 37.0 Å². The van der Waals surface area contributed by atoms with Gasteiger partial charge in [-0.1, -0.05) is 0 Å². The lowest BCUT2D eigenvalue weighted by Gasteiger charge is -2.32. The fourth-order valence-electron chi connectivity index (χ4n) is 2.64. The molecule has 7 heteroatoms. The van der Waals surface area contributed by atoms with E-state index >= 15 is 0 Å². The maximum atomic E-state index is 11.8. The summed E-state index contributed by atoms with van der Waals surface area (Å²) in [6.45, 7) is 2.47. The van der Waals surface area contributed by atoms with E-state index in [9.17, 15) is 4.79 Å². The molecule has 0 bridgehead atoms. The Balaban J connectivity index is 1.47. The summed E-state index contributed by atoms with van der Waals surface area (Å²) in [5.41, 5.74) is 5.61. The van der Waals surface area contributed by atoms with Crippen molar-refractivity contribution in [3.63, 3.8) is 0 Å². The molecule has 0 aromatic carbocycles. The molecule has 2 aromatic heterocycles. The number of nitrogens with two attached hydrogens (primary N) is 1. The summed E-state index contributed by atoms with van der Waals surface area (Å²) in [7, 11) is 0. The standard InChI is InChI=1S/C15H19N5O2/c16-15-17-6-3-13(19-15)20-7-4-11(5-8-20)10-18-14(21)12-2-1-9-22-12/h1-3,6,9,11H,4-5,7-8,10H2,(H,18,21)(H2,16,17,19). The molecule has 1 fully saturated rings. The zero-order chi connectivity index (χ0) is 15.4. The van der Waals surface area contributed by atoms with Gasteiger partial charge >= 0.3 is 0 Å². The number of aromatic nitrogens is 2. The van der Waals surface area contributed by atoms with Gasteiger partial charge in [0.25, 0.3) is 5.91 Å². The van der Waals surface area contributed by atoms with Crippen molar-refractivity contribution in [3.8, 4) is 0 Å². The Kier molecular flexibility index (Phi) is 4.22. The lowest BCUT2D eigenvalue weighted by Crippen LogP contribution is -2.39. The molecular weight excluding hydrogens is 282 g/mol. The first-order valence-electron chi connectivity index (χ1n) is 7.37. The van der Waals surface area contributed by atoms with Crippen molar-refractivity contribution in [1.82, 2.24) is 15.3 Å². The lowest BCUT2D eigenvalue weighted by atomic mass is 9.97. The second-order valence-electron chi connectivity index (χ2n) is 5.39. The summed E-state index contributed by atoms with van der Waals surface area (Å²) in [6, 6.07) is 5.24. The summed E-state index contributed by atoms with van der Waals surface area (Å²) in [6.07, 6.45) is 5.18. The largest absolute Gasteiger partial charge is 0.459 e. The molecule has 1 saturated heterocycles. The highest BCUT2D eigenvalue weighted by Gasteiger charge is 2.21. The van der Waals surface area contributed by atoms with Gasteiger partial charge in [0.15, 0.2) is 5.76 Å². The maximum Gasteiger partial charge on any atom is 0.286 e. The number of piperidine rings is 1. The minimum absolute atomic E-state index is 0.156. The van der Waals surface area contributed by atoms with Gasteiger partial charge in [-0.15, -0.1) is 0 Å². The molecule has 3 rings (SSSR count). The Hall–Kier alpha value is -2.57. The van der Waals surface area contributed by atoms with Crippen LogP contribution in [0.1, 0.15) is 23.4 Å². The molecule has 7 nitrogen and oxygen atoms in total. The molecule has 0 aliphatic carbocycles. The zero-order valence-corrected chi connectivity index (χ0v) is 12.2. The van der Waals surface area contributed by atoms with Crippen molar-refractivity contribution in [2.75, 3.05) is 30.3 Å². The number of carbonyl (C=O) groups is 1. The lowest BCUT2D eigenvalue weighted by molar-refractivity contribution is 0.0917. The van der Waals surface area contributed by atoms with Gasteiger partial charge in [0.2, 0.25) is 5.95 Å². The third-order valence-electron chi connectivity index (χ3n) is 3.89. The Morgan fingerprint density at radius 3 is 2.91 bits per heavy atom. The molecule has 22 heavy (non-hydrogen) atoms. The van der Waals surface area contributed by atoms with Gasteiger partial charge in [0.05, 0.1) is 6.26 Å². The number of nitrogens with zero attached hydrogens (tertiary/aromatic N) is 3. The average molecular weight is 301 g/mol. The molecule has 3 heterocycles. The Morgan fingerprint density at radius 1 is 1.41 bits per heavy atom. The van der Waals surface area contributed by atoms with Crippen LogP contribution in [0.15, 0.2) is 35.1 Å². The highest BCUT2D eigenvalue weighted by molar-refractivity contribution is 5.91. The summed E-state index contributed by atoms with van der Waals surface area (Å²) >= 11 is 0. The summed E-state index contributed by atoms with van der Waals surface area (Å²) in [5.74, 6) is 1.83. The number of amides is 1. The molecule has 1 aliphatic heterocycles. The van der Waals surface area contributed by atoms with Crippen LogP contribution in [0.25, 0.3) is 0 Å². The monoisotopic (exact) mass is 301 g/mol. The van der Waals surface area contributed by atoms with Crippen molar-refractivity contribution in [1.29, 1.82) is 0 Å². The Bertz CT molecular complexity index is 621. The van der Waals surface area contributed by atoms with Gasteiger partial charge in [0.1, 0.15) is 5.82 Å². The van der Waals surface area contributed by atoms with Crippen LogP contribution >= 0.6 is 0 Å². The van der Waals surface area contributed by atoms with Crippen molar-refractivity contribution in [2.24, 2.45) is 5.92 Å². The van der Waals surface area contributed by atoms with Crippen molar-refractivity contribution >= 4 is 17.7 Å². The second kappa shape index (κ2) is 6.46. The van der Waals surface area contributed by atoms with Crippen LogP contribution in [-0.4, -0.2) is 35.5 Å². The molecule has 0 spiro atoms. The Labute approximate surface area is 128 Å². The van der Waals surface area contributed by atoms with E-state index in [1.54, 1.807) is 18.3 Å². The fourth-order valence-corrected chi connectivity index (χ4v) is 2.64. The van der Waals surface area contributed by atoms with Crippen molar-refractivity contribution in [2.45, 2.75) is 12.8 Å². The van der Waals surface area contributed by atoms with Crippen molar-refractivity contribution < 1.29 is 9.21 Å². The third kappa shape index (κ3) is 3.36. The quantitative estimate of drug-likeness (QED) is 0.883. The van der Waals surface area contributed by atoms with Gasteiger partial charge in [-0.3, -0.25) is 4.79 Å². The number of hydrogen-bond acceptors (Lipinski definition) is 6. The van der Waals surface area contributed by atoms with Crippen LogP contribution in [0.4, 0.5) is 11.8 Å². The van der Waals surface area contributed by atoms with Gasteiger partial charge in [0, 0.05) is 25.8 Å². The van der Waals surface area contributed by atoms with E-state index in [2.05, 4.69) is 20.2 Å². The number of anilines is 2. The van der Waals surface area contributed by atoms with Crippen LogP contribution in [-0.2, 0) is 0 Å². The maximum absolute atomic E-state index is 11.8. The topological polar surface area (TPSA) is 97.3 Å². The van der Waals surface area contributed by atoms with Crippen LogP contribution in [0, 0.1) is 5.92 Å². The first-order chi connectivity index (χ1) is 10.7. The minimum Gasteiger partial charge on any atom is -0.459 e. The minimum atomic E-state index is -0.156. The molecule has 0 saturated carbocycles. The fraction of sp³-hybridized carbons (Fsp3) is 0.400. The number of nitrogens with one attached hydrogen (secondary N) is 1. The van der Waals surface area contributed by atoms with Crippen LogP contribution in [0.5, 0.6) is 0 Å². The van der Waals surface area contributed by atoms with E-state index in [0.29, 0.717) is 24.2 Å². The van der Waals surface area contributed by atoms with E-state index < -0.39 is 0 Å². The van der Waals surface area contributed by atoms with E-state index in [1.807, 2.05) is 6.07 Å². The molecule has 1 aliphatic rings. The highest BCUT2D eigenvalue weighted by atomic mass is 16.3. The molecule has 1 amide bonds. The molecule has 116 valence electrons. The molecule has 2 aromatic rings. The summed E-state index contributed by atoms with van der Waals surface area (Å²) < 4.78 is 5.07. The van der Waals surface area contributed by atoms with E-state index in [4.69, 9.17) is 10.2 Å². The van der Waals surface area contributed by atoms with E-state index in [-0.39, 0.29) is 5.91 Å². The predicted octanol–water partition coefficient (Wildman–Crippen LogP) is 1.30. The normalized spacial score (nSPS) is 15.7. The first kappa shape index (κ1) is 14.4. The SMILES string of the molecule is Nc1nccc(N2CCC(CNC(=O)c3ccco3)CC2)n1. The molecule has 0 radical (unpaired) electrons. The van der Waals surface area contributed by atoms with Crippen LogP contribution in [0.2, 0.25) is 0 Å². The predicted molar refractivity (Wildman–Crippen MR) is 82.4 cm³/mol. The number of rotatable bonds is 4. The number of nitrogen functional groups attached to an aromatic ring is 1. The number of furan rings is 1. The smallest absolute Gasteiger partial charge is 0.286 e. The van der Waals surface area contributed by atoms with E-state index in [0.717, 1.165) is 31.7 Å². The number of hydrogen-bond donors (Lipinski definition) is 2. The highest BCUT2D eigenvalue weighted by Crippen LogP contribution is 2.21. The van der Waals surface area contributed by atoms with Crippen LogP contribution < -0.4 is 16.0 Å². The van der Waals surface area contributed by atoms with E-state index in [1.165, 1.54) is 6.26 Å². The molecule has 0 unspecified atom stereocenters. The zero-order valence-electron chi connectivity index (χ0n) is 12.2.